The molecule has 3 rings (SSSR count). The number of aromatic nitrogens is 1. The number of H-pyrrole nitrogens is 1. The fourth-order valence-electron chi connectivity index (χ4n) is 2.60. The Bertz CT molecular complexity index is 823. The third kappa shape index (κ3) is 2.34. The Labute approximate surface area is 109 Å². The van der Waals surface area contributed by atoms with Gasteiger partial charge in [-0.15, -0.1) is 0 Å². The van der Waals surface area contributed by atoms with Crippen molar-refractivity contribution < 1.29 is 12.6 Å². The second-order valence-electron chi connectivity index (χ2n) is 4.59. The highest BCUT2D eigenvalue weighted by molar-refractivity contribution is 7.84. The van der Waals surface area contributed by atoms with Crippen LogP contribution in [0.5, 0.6) is 5.75 Å². The number of hydrogen-bond acceptors (Lipinski definition) is 4. The van der Waals surface area contributed by atoms with Gasteiger partial charge in [-0.2, -0.15) is 13.6 Å². The fourth-order valence-corrected chi connectivity index (χ4v) is 2.96. The van der Waals surface area contributed by atoms with E-state index in [9.17, 15) is 13.2 Å². The Morgan fingerprint density at radius 1 is 1.16 bits per heavy atom. The molecule has 0 spiro atoms. The minimum atomic E-state index is -4.07. The van der Waals surface area contributed by atoms with E-state index in [1.165, 1.54) is 6.07 Å². The van der Waals surface area contributed by atoms with Crippen LogP contribution in [-0.4, -0.2) is 13.4 Å². The zero-order chi connectivity index (χ0) is 13.6. The summed E-state index contributed by atoms with van der Waals surface area (Å²) < 4.78 is 26.6. The van der Waals surface area contributed by atoms with Gasteiger partial charge in [0.05, 0.1) is 5.52 Å². The van der Waals surface area contributed by atoms with Gasteiger partial charge in [-0.25, -0.2) is 0 Å². The van der Waals surface area contributed by atoms with E-state index in [1.807, 2.05) is 0 Å². The van der Waals surface area contributed by atoms with Gasteiger partial charge in [0.2, 0.25) is 5.56 Å². The predicted molar refractivity (Wildman–Crippen MR) is 70.3 cm³/mol. The van der Waals surface area contributed by atoms with E-state index in [0.717, 1.165) is 35.8 Å². The van der Waals surface area contributed by atoms with Gasteiger partial charge >= 0.3 is 10.3 Å². The van der Waals surface area contributed by atoms with Crippen molar-refractivity contribution in [2.75, 3.05) is 0 Å². The number of pyridine rings is 1. The van der Waals surface area contributed by atoms with Crippen molar-refractivity contribution in [2.24, 2.45) is 5.14 Å². The van der Waals surface area contributed by atoms with Crippen molar-refractivity contribution in [2.45, 2.75) is 19.3 Å². The number of nitrogens with two attached hydrogens (primary N) is 1. The van der Waals surface area contributed by atoms with Gasteiger partial charge < -0.3 is 9.17 Å². The van der Waals surface area contributed by atoms with E-state index in [2.05, 4.69) is 9.17 Å². The number of benzene rings is 1. The summed E-state index contributed by atoms with van der Waals surface area (Å²) in [5.41, 5.74) is 2.33. The molecule has 0 atom stereocenters. The SMILES string of the molecule is NS(=O)(=O)Oc1cc2c3c(cc(=O)[nH]c3c1)CCC2. The number of nitrogens with one attached hydrogen (secondary N) is 1. The monoisotopic (exact) mass is 280 g/mol. The van der Waals surface area contributed by atoms with Crippen molar-refractivity contribution in [1.29, 1.82) is 0 Å². The van der Waals surface area contributed by atoms with Crippen molar-refractivity contribution >= 4 is 21.2 Å². The highest BCUT2D eigenvalue weighted by Crippen LogP contribution is 2.31. The molecule has 19 heavy (non-hydrogen) atoms. The largest absolute Gasteiger partial charge is 0.380 e. The van der Waals surface area contributed by atoms with Crippen LogP contribution in [-0.2, 0) is 23.1 Å². The van der Waals surface area contributed by atoms with Crippen LogP contribution >= 0.6 is 0 Å². The summed E-state index contributed by atoms with van der Waals surface area (Å²) in [5.74, 6) is 0.125. The first-order valence-electron chi connectivity index (χ1n) is 5.83. The first-order valence-corrected chi connectivity index (χ1v) is 7.30. The summed E-state index contributed by atoms with van der Waals surface area (Å²) in [6.45, 7) is 0. The van der Waals surface area contributed by atoms with Crippen molar-refractivity contribution in [1.82, 2.24) is 4.98 Å². The van der Waals surface area contributed by atoms with Gasteiger partial charge in [-0.05, 0) is 36.5 Å². The van der Waals surface area contributed by atoms with Gasteiger partial charge in [0.1, 0.15) is 5.75 Å². The number of aromatic amines is 1. The van der Waals surface area contributed by atoms with Gasteiger partial charge in [0.25, 0.3) is 0 Å². The molecular formula is C12H12N2O4S. The molecule has 3 N–H and O–H groups in total. The predicted octanol–water partition coefficient (Wildman–Crippen LogP) is 0.599. The van der Waals surface area contributed by atoms with Crippen LogP contribution in [0.15, 0.2) is 23.0 Å². The van der Waals surface area contributed by atoms with Crippen LogP contribution in [0, 0.1) is 0 Å². The maximum atomic E-state index is 11.6. The molecule has 2 aromatic rings. The van der Waals surface area contributed by atoms with Crippen LogP contribution in [0.2, 0.25) is 0 Å². The van der Waals surface area contributed by atoms with E-state index in [0.29, 0.717) is 5.52 Å². The van der Waals surface area contributed by atoms with Crippen LogP contribution in [0.4, 0.5) is 0 Å². The standard InChI is InChI=1S/C12H12N2O4S/c13-19(16,17)18-9-4-7-2-1-3-8-5-11(15)14-10(6-9)12(7)8/h4-6H,1-3H2,(H,14,15)(H2,13,16,17). The number of rotatable bonds is 2. The first-order chi connectivity index (χ1) is 8.92. The molecule has 0 saturated carbocycles. The molecule has 0 amide bonds. The van der Waals surface area contributed by atoms with Crippen LogP contribution in [0.1, 0.15) is 17.5 Å². The summed E-state index contributed by atoms with van der Waals surface area (Å²) in [7, 11) is -4.07. The molecule has 6 nitrogen and oxygen atoms in total. The Balaban J connectivity index is 2.28. The molecule has 1 heterocycles. The lowest BCUT2D eigenvalue weighted by Gasteiger charge is -2.17. The summed E-state index contributed by atoms with van der Waals surface area (Å²) in [5, 5.41) is 5.83. The third-order valence-electron chi connectivity index (χ3n) is 3.18. The summed E-state index contributed by atoms with van der Waals surface area (Å²) in [6.07, 6.45) is 2.59. The lowest BCUT2D eigenvalue weighted by Crippen LogP contribution is -2.19. The second-order valence-corrected chi connectivity index (χ2v) is 5.75. The minimum Gasteiger partial charge on any atom is -0.371 e. The molecule has 7 heteroatoms. The van der Waals surface area contributed by atoms with Crippen molar-refractivity contribution in [3.05, 3.63) is 39.7 Å². The lowest BCUT2D eigenvalue weighted by atomic mass is 9.90. The summed E-state index contributed by atoms with van der Waals surface area (Å²) in [4.78, 5) is 14.2. The van der Waals surface area contributed by atoms with Crippen LogP contribution in [0.3, 0.4) is 0 Å². The third-order valence-corrected chi connectivity index (χ3v) is 3.61. The summed E-state index contributed by atoms with van der Waals surface area (Å²) >= 11 is 0. The maximum Gasteiger partial charge on any atom is 0.380 e. The average molecular weight is 280 g/mol. The van der Waals surface area contributed by atoms with E-state index in [1.54, 1.807) is 12.1 Å². The van der Waals surface area contributed by atoms with E-state index in [-0.39, 0.29) is 11.3 Å². The van der Waals surface area contributed by atoms with Crippen LogP contribution < -0.4 is 14.9 Å². The molecule has 1 aliphatic rings. The zero-order valence-corrected chi connectivity index (χ0v) is 10.8. The van der Waals surface area contributed by atoms with E-state index in [4.69, 9.17) is 5.14 Å². The second kappa shape index (κ2) is 4.07. The topological polar surface area (TPSA) is 102 Å². The Morgan fingerprint density at radius 3 is 2.53 bits per heavy atom. The molecule has 0 fully saturated rings. The van der Waals surface area contributed by atoms with E-state index < -0.39 is 10.3 Å². The quantitative estimate of drug-likeness (QED) is 0.840. The highest BCUT2D eigenvalue weighted by atomic mass is 32.2. The molecule has 100 valence electrons. The average Bonchev–Trinajstić information content (AvgIpc) is 2.25. The molecule has 1 aromatic heterocycles. The van der Waals surface area contributed by atoms with E-state index >= 15 is 0 Å². The number of aryl methyl sites for hydroxylation is 2. The minimum absolute atomic E-state index is 0.125. The zero-order valence-electron chi connectivity index (χ0n) is 9.97. The smallest absolute Gasteiger partial charge is 0.371 e. The lowest BCUT2D eigenvalue weighted by molar-refractivity contribution is 0.487. The maximum absolute atomic E-state index is 11.6. The normalized spacial score (nSPS) is 14.6. The molecule has 1 aromatic carbocycles. The molecule has 0 radical (unpaired) electrons. The van der Waals surface area contributed by atoms with Crippen molar-refractivity contribution in [3.63, 3.8) is 0 Å². The van der Waals surface area contributed by atoms with Gasteiger partial charge in [0, 0.05) is 17.5 Å². The first kappa shape index (κ1) is 12.2. The Kier molecular flexibility index (Phi) is 2.61. The van der Waals surface area contributed by atoms with Gasteiger partial charge in [-0.3, -0.25) is 4.79 Å². The number of hydrogen-bond donors (Lipinski definition) is 2. The fraction of sp³-hybridized carbons (Fsp3) is 0.250. The molecule has 0 bridgehead atoms. The molecule has 0 aliphatic heterocycles. The molecular weight excluding hydrogens is 268 g/mol. The van der Waals surface area contributed by atoms with Crippen LogP contribution in [0.25, 0.3) is 10.9 Å². The molecule has 0 saturated heterocycles. The Hall–Kier alpha value is -1.86. The molecule has 1 aliphatic carbocycles. The summed E-state index contributed by atoms with van der Waals surface area (Å²) in [6, 6.07) is 4.73. The molecule has 0 unspecified atom stereocenters. The Morgan fingerprint density at radius 2 is 1.84 bits per heavy atom. The van der Waals surface area contributed by atoms with Gasteiger partial charge in [0.15, 0.2) is 0 Å². The van der Waals surface area contributed by atoms with Gasteiger partial charge in [-0.1, -0.05) is 0 Å². The highest BCUT2D eigenvalue weighted by Gasteiger charge is 2.16. The van der Waals surface area contributed by atoms with Crippen molar-refractivity contribution in [3.8, 4) is 5.75 Å².